The Hall–Kier alpha value is -5.33. The number of hydrogen-bond acceptors (Lipinski definition) is 9. The minimum Gasteiger partial charge on any atom is -0.495 e. The molecule has 0 aliphatic carbocycles. The van der Waals surface area contributed by atoms with E-state index in [2.05, 4.69) is 26.6 Å². The number of alkyl halides is 3. The van der Waals surface area contributed by atoms with E-state index in [-0.39, 0.29) is 27.4 Å². The molecular formula is C36H32Cl3F3N6O6S2. The quantitative estimate of drug-likeness (QED) is 0.0584. The van der Waals surface area contributed by atoms with Crippen molar-refractivity contribution in [2.24, 2.45) is 0 Å². The van der Waals surface area contributed by atoms with Crippen LogP contribution in [0.1, 0.15) is 16.1 Å². The molecule has 0 spiro atoms. The summed E-state index contributed by atoms with van der Waals surface area (Å²) in [6.07, 6.45) is -3.15. The van der Waals surface area contributed by atoms with Gasteiger partial charge in [-0.3, -0.25) is 4.79 Å². The molecule has 296 valence electrons. The fraction of sp³-hybridized carbons (Fsp3) is 0.139. The van der Waals surface area contributed by atoms with Crippen molar-refractivity contribution in [1.29, 1.82) is 0 Å². The van der Waals surface area contributed by atoms with Gasteiger partial charge in [0.25, 0.3) is 5.91 Å². The normalized spacial score (nSPS) is 10.6. The van der Waals surface area contributed by atoms with E-state index < -0.39 is 17.6 Å². The zero-order valence-corrected chi connectivity index (χ0v) is 33.5. The lowest BCUT2D eigenvalue weighted by Gasteiger charge is -2.16. The molecule has 1 heterocycles. The number of nitrogens with one attached hydrogen (secondary N) is 5. The Morgan fingerprint density at radius 1 is 0.643 bits per heavy atom. The van der Waals surface area contributed by atoms with E-state index in [1.807, 2.05) is 0 Å². The first-order valence-electron chi connectivity index (χ1n) is 15.7. The van der Waals surface area contributed by atoms with Crippen molar-refractivity contribution in [3.05, 3.63) is 105 Å². The van der Waals surface area contributed by atoms with Crippen molar-refractivity contribution in [2.45, 2.75) is 6.18 Å². The van der Waals surface area contributed by atoms with Gasteiger partial charge in [-0.15, -0.1) is 0 Å². The number of thiocarbonyl (C=S) groups is 2. The lowest BCUT2D eigenvalue weighted by atomic mass is 10.1. The Kier molecular flexibility index (Phi) is 15.1. The van der Waals surface area contributed by atoms with Gasteiger partial charge in [-0.05, 0) is 85.1 Å². The van der Waals surface area contributed by atoms with Gasteiger partial charge >= 0.3 is 6.18 Å². The number of ether oxygens (including phenoxy) is 4. The number of amides is 1. The summed E-state index contributed by atoms with van der Waals surface area (Å²) >= 11 is 29.0. The van der Waals surface area contributed by atoms with Gasteiger partial charge in [-0.2, -0.15) is 13.2 Å². The molecular weight excluding hydrogens is 840 g/mol. The summed E-state index contributed by atoms with van der Waals surface area (Å²) in [6.45, 7) is 0. The number of methoxy groups -OCH3 is 4. The number of carbonyl (C=O) groups excluding carboxylic acids is 1. The molecule has 7 N–H and O–H groups in total. The molecule has 1 aromatic heterocycles. The van der Waals surface area contributed by atoms with Crippen molar-refractivity contribution < 1.29 is 41.3 Å². The van der Waals surface area contributed by atoms with Crippen LogP contribution in [0.3, 0.4) is 0 Å². The monoisotopic (exact) mass is 870 g/mol. The van der Waals surface area contributed by atoms with Gasteiger partial charge in [0.2, 0.25) is 0 Å². The first-order chi connectivity index (χ1) is 26.6. The van der Waals surface area contributed by atoms with Crippen molar-refractivity contribution >= 4 is 109 Å². The van der Waals surface area contributed by atoms with E-state index in [0.29, 0.717) is 60.8 Å². The second-order valence-corrected chi connectivity index (χ2v) is 13.0. The van der Waals surface area contributed by atoms with Crippen LogP contribution >= 0.6 is 59.2 Å². The number of halogens is 6. The van der Waals surface area contributed by atoms with Gasteiger partial charge in [0.15, 0.2) is 16.0 Å². The van der Waals surface area contributed by atoms with E-state index in [4.69, 9.17) is 88.3 Å². The SMILES string of the molecule is COc1cc(OC)c(NC(=S)Nc2ccc(N)c(C(F)(F)F)c2)cc1Cl.COc1cc(OC)c(NC(=S)Nc2ccc(NC(=O)c3ccco3)c(Cl)c2)cc1Cl. The van der Waals surface area contributed by atoms with E-state index in [1.54, 1.807) is 48.5 Å². The first-order valence-corrected chi connectivity index (χ1v) is 17.6. The maximum atomic E-state index is 12.9. The third-order valence-electron chi connectivity index (χ3n) is 7.28. The number of rotatable bonds is 10. The topological polar surface area (TPSA) is 153 Å². The highest BCUT2D eigenvalue weighted by molar-refractivity contribution is 7.81. The van der Waals surface area contributed by atoms with E-state index in [1.165, 1.54) is 46.8 Å². The minimum atomic E-state index is -4.57. The number of anilines is 6. The third kappa shape index (κ3) is 11.6. The van der Waals surface area contributed by atoms with Crippen LogP contribution in [0.4, 0.5) is 47.3 Å². The summed E-state index contributed by atoms with van der Waals surface area (Å²) in [5.74, 6) is 1.57. The summed E-state index contributed by atoms with van der Waals surface area (Å²) in [5, 5.41) is 15.6. The van der Waals surface area contributed by atoms with Crippen molar-refractivity contribution in [3.8, 4) is 23.0 Å². The zero-order valence-electron chi connectivity index (χ0n) is 29.6. The Balaban J connectivity index is 0.000000251. The largest absolute Gasteiger partial charge is 0.495 e. The smallest absolute Gasteiger partial charge is 0.418 e. The van der Waals surface area contributed by atoms with E-state index in [0.717, 1.165) is 12.1 Å². The third-order valence-corrected chi connectivity index (χ3v) is 8.59. The molecule has 4 aromatic carbocycles. The molecule has 20 heteroatoms. The zero-order chi connectivity index (χ0) is 41.2. The predicted octanol–water partition coefficient (Wildman–Crippen LogP) is 10.4. The molecule has 0 fully saturated rings. The molecule has 1 amide bonds. The second-order valence-electron chi connectivity index (χ2n) is 11.0. The Morgan fingerprint density at radius 2 is 1.14 bits per heavy atom. The molecule has 0 atom stereocenters. The standard InChI is InChI=1S/C20H17Cl2N3O4S.C16H15ClF3N3O2S/c1-27-17-10-18(28-2)15(9-13(17)22)25-20(30)23-11-5-6-14(12(21)8-11)24-19(26)16-4-3-7-29-16;1-24-13-7-14(25-2)12(6-10(13)17)23-15(26)22-8-3-4-11(21)9(5-8)16(18,19)20/h3-10H,1-2H3,(H,24,26)(H2,23,25,30);3-7H,21H2,1-2H3,(H2,22,23,26). The molecule has 0 saturated heterocycles. The molecule has 0 aliphatic heterocycles. The Labute approximate surface area is 344 Å². The molecule has 5 aromatic rings. The fourth-order valence-corrected chi connectivity index (χ4v) is 5.82. The first kappa shape index (κ1) is 43.4. The van der Waals surface area contributed by atoms with Crippen LogP contribution in [0, 0.1) is 0 Å². The highest BCUT2D eigenvalue weighted by atomic mass is 35.5. The van der Waals surface area contributed by atoms with Crippen LogP contribution in [0.2, 0.25) is 15.1 Å². The lowest BCUT2D eigenvalue weighted by molar-refractivity contribution is -0.136. The predicted molar refractivity (Wildman–Crippen MR) is 223 cm³/mol. The molecule has 56 heavy (non-hydrogen) atoms. The Bertz CT molecular complexity index is 2210. The molecule has 0 bridgehead atoms. The van der Waals surface area contributed by atoms with Gasteiger partial charge in [-0.25, -0.2) is 0 Å². The van der Waals surface area contributed by atoms with Gasteiger partial charge in [0.05, 0.1) is 72.4 Å². The fourth-order valence-electron chi connectivity index (χ4n) is 4.65. The molecule has 0 aliphatic rings. The van der Waals surface area contributed by atoms with Crippen LogP contribution in [-0.4, -0.2) is 44.6 Å². The summed E-state index contributed by atoms with van der Waals surface area (Å²) in [4.78, 5) is 12.1. The van der Waals surface area contributed by atoms with E-state index in [9.17, 15) is 18.0 Å². The highest BCUT2D eigenvalue weighted by Crippen LogP contribution is 2.38. The summed E-state index contributed by atoms with van der Waals surface area (Å²) < 4.78 is 64.7. The number of benzene rings is 4. The lowest BCUT2D eigenvalue weighted by Crippen LogP contribution is -2.20. The molecule has 12 nitrogen and oxygen atoms in total. The number of nitrogens with two attached hydrogens (primary N) is 1. The van der Waals surface area contributed by atoms with Gasteiger partial charge in [0.1, 0.15) is 23.0 Å². The Morgan fingerprint density at radius 3 is 1.59 bits per heavy atom. The van der Waals surface area contributed by atoms with Crippen LogP contribution in [0.25, 0.3) is 0 Å². The summed E-state index contributed by atoms with van der Waals surface area (Å²) in [7, 11) is 5.95. The number of carbonyl (C=O) groups is 1. The van der Waals surface area contributed by atoms with Gasteiger partial charge in [-0.1, -0.05) is 34.8 Å². The minimum absolute atomic E-state index is 0.0439. The van der Waals surface area contributed by atoms with Gasteiger partial charge < -0.3 is 55.7 Å². The van der Waals surface area contributed by atoms with Crippen LogP contribution in [-0.2, 0) is 6.18 Å². The van der Waals surface area contributed by atoms with Crippen molar-refractivity contribution in [3.63, 3.8) is 0 Å². The molecule has 0 unspecified atom stereocenters. The molecule has 0 radical (unpaired) electrons. The average molecular weight is 872 g/mol. The summed E-state index contributed by atoms with van der Waals surface area (Å²) in [5.41, 5.74) is 6.22. The second kappa shape index (κ2) is 19.5. The molecule has 0 saturated carbocycles. The maximum Gasteiger partial charge on any atom is 0.418 e. The summed E-state index contributed by atoms with van der Waals surface area (Å²) in [6, 6.07) is 18.0. The maximum absolute atomic E-state index is 12.9. The van der Waals surface area contributed by atoms with Crippen LogP contribution in [0.15, 0.2) is 83.5 Å². The van der Waals surface area contributed by atoms with Crippen molar-refractivity contribution in [1.82, 2.24) is 0 Å². The van der Waals surface area contributed by atoms with Crippen LogP contribution < -0.4 is 51.3 Å². The number of nitrogen functional groups attached to an aromatic ring is 1. The molecule has 5 rings (SSSR count). The van der Waals surface area contributed by atoms with E-state index >= 15 is 0 Å². The number of hydrogen-bond donors (Lipinski definition) is 6. The van der Waals surface area contributed by atoms with Crippen LogP contribution in [0.5, 0.6) is 23.0 Å². The van der Waals surface area contributed by atoms with Gasteiger partial charge in [0, 0.05) is 29.2 Å². The average Bonchev–Trinajstić information content (AvgIpc) is 3.69. The number of furan rings is 1. The van der Waals surface area contributed by atoms with Crippen molar-refractivity contribution in [2.75, 3.05) is 60.8 Å². The highest BCUT2D eigenvalue weighted by Gasteiger charge is 2.33.